The number of ether oxygens (including phenoxy) is 2. The molecule has 0 saturated carbocycles. The second-order valence-corrected chi connectivity index (χ2v) is 7.80. The van der Waals surface area contributed by atoms with Crippen LogP contribution in [0.1, 0.15) is 44.4 Å². The predicted octanol–water partition coefficient (Wildman–Crippen LogP) is 4.71. The molecule has 3 aromatic rings. The van der Waals surface area contributed by atoms with E-state index in [0.29, 0.717) is 22.3 Å². The molecule has 0 saturated heterocycles. The molecule has 0 fully saturated rings. The van der Waals surface area contributed by atoms with Crippen molar-refractivity contribution in [3.63, 3.8) is 0 Å². The molecule has 5 nitrogen and oxygen atoms in total. The molecule has 0 spiro atoms. The van der Waals surface area contributed by atoms with Gasteiger partial charge >= 0.3 is 5.97 Å². The molecule has 148 valence electrons. The first-order valence-corrected chi connectivity index (χ1v) is 9.70. The van der Waals surface area contributed by atoms with Gasteiger partial charge in [0.2, 0.25) is 5.78 Å². The van der Waals surface area contributed by atoms with Crippen molar-refractivity contribution in [3.05, 3.63) is 58.0 Å². The smallest absolute Gasteiger partial charge is 0.348 e. The number of halogens is 1. The fourth-order valence-corrected chi connectivity index (χ4v) is 4.43. The number of methoxy groups -OCH3 is 1. The third-order valence-corrected chi connectivity index (χ3v) is 5.76. The highest BCUT2D eigenvalue weighted by molar-refractivity contribution is 7.20. The molecule has 0 aliphatic heterocycles. The largest absolute Gasteiger partial charge is 0.453 e. The summed E-state index contributed by atoms with van der Waals surface area (Å²) in [5, 5.41) is 0.376. The number of hydrogen-bond donors (Lipinski definition) is 0. The highest BCUT2D eigenvalue weighted by atomic mass is 32.1. The predicted molar refractivity (Wildman–Crippen MR) is 107 cm³/mol. The number of aryl methyl sites for hydroxylation is 1. The molecule has 2 aromatic heterocycles. The van der Waals surface area contributed by atoms with Crippen LogP contribution in [0.3, 0.4) is 0 Å². The SMILES string of the molecule is COC[C@@H](C)n1c(C)cc(C(=O)COC(=O)c2cc3c(F)cccc3s2)c1C. The first kappa shape index (κ1) is 20.2. The Morgan fingerprint density at radius 2 is 2.00 bits per heavy atom. The van der Waals surface area contributed by atoms with Crippen LogP contribution < -0.4 is 0 Å². The maximum absolute atomic E-state index is 13.8. The van der Waals surface area contributed by atoms with Gasteiger partial charge in [0.25, 0.3) is 0 Å². The minimum absolute atomic E-state index is 0.0857. The molecule has 3 rings (SSSR count). The molecule has 2 heterocycles. The average Bonchev–Trinajstić information content (AvgIpc) is 3.21. The number of hydrogen-bond acceptors (Lipinski definition) is 5. The summed E-state index contributed by atoms with van der Waals surface area (Å²) in [5.41, 5.74) is 2.28. The van der Waals surface area contributed by atoms with Crippen LogP contribution in [0.25, 0.3) is 10.1 Å². The average molecular weight is 403 g/mol. The molecular weight excluding hydrogens is 381 g/mol. The van der Waals surface area contributed by atoms with Crippen LogP contribution in [0.2, 0.25) is 0 Å². The minimum atomic E-state index is -0.629. The van der Waals surface area contributed by atoms with Crippen LogP contribution >= 0.6 is 11.3 Å². The van der Waals surface area contributed by atoms with E-state index in [9.17, 15) is 14.0 Å². The molecular formula is C21H22FNO4S. The van der Waals surface area contributed by atoms with Crippen molar-refractivity contribution in [2.45, 2.75) is 26.8 Å². The molecule has 0 bridgehead atoms. The van der Waals surface area contributed by atoms with Crippen LogP contribution in [0.15, 0.2) is 30.3 Å². The Morgan fingerprint density at radius 1 is 1.25 bits per heavy atom. The number of ketones is 1. The van der Waals surface area contributed by atoms with Gasteiger partial charge in [-0.2, -0.15) is 0 Å². The molecule has 0 aliphatic rings. The van der Waals surface area contributed by atoms with Gasteiger partial charge in [0.15, 0.2) is 6.61 Å². The lowest BCUT2D eigenvalue weighted by Crippen LogP contribution is -2.16. The van der Waals surface area contributed by atoms with Crippen molar-refractivity contribution in [2.24, 2.45) is 0 Å². The summed E-state index contributed by atoms with van der Waals surface area (Å²) in [6.07, 6.45) is 0. The van der Waals surface area contributed by atoms with Crippen molar-refractivity contribution in [2.75, 3.05) is 20.3 Å². The van der Waals surface area contributed by atoms with E-state index in [1.165, 1.54) is 12.1 Å². The van der Waals surface area contributed by atoms with Crippen molar-refractivity contribution >= 4 is 33.2 Å². The van der Waals surface area contributed by atoms with Crippen LogP contribution in [-0.4, -0.2) is 36.6 Å². The summed E-state index contributed by atoms with van der Waals surface area (Å²) in [6, 6.07) is 8.01. The number of Topliss-reactive ketones (excluding diaryl/α,β-unsaturated/α-hetero) is 1. The highest BCUT2D eigenvalue weighted by Gasteiger charge is 2.21. The number of thiophene rings is 1. The Balaban J connectivity index is 1.72. The van der Waals surface area contributed by atoms with Gasteiger partial charge in [0.1, 0.15) is 10.7 Å². The van der Waals surface area contributed by atoms with Gasteiger partial charge in [-0.25, -0.2) is 9.18 Å². The molecule has 1 aromatic carbocycles. The van der Waals surface area contributed by atoms with E-state index in [-0.39, 0.29) is 29.1 Å². The quantitative estimate of drug-likeness (QED) is 0.424. The Hall–Kier alpha value is -2.51. The zero-order chi connectivity index (χ0) is 20.4. The molecule has 0 unspecified atom stereocenters. The first-order chi connectivity index (χ1) is 13.3. The third kappa shape index (κ3) is 3.86. The fraction of sp³-hybridized carbons (Fsp3) is 0.333. The maximum atomic E-state index is 13.8. The van der Waals surface area contributed by atoms with E-state index in [0.717, 1.165) is 22.7 Å². The Bertz CT molecular complexity index is 1040. The number of fused-ring (bicyclic) bond motifs is 1. The van der Waals surface area contributed by atoms with Gasteiger partial charge in [-0.3, -0.25) is 4.79 Å². The second-order valence-electron chi connectivity index (χ2n) is 6.72. The number of nitrogens with zero attached hydrogens (tertiary/aromatic N) is 1. The number of carbonyl (C=O) groups is 2. The van der Waals surface area contributed by atoms with Crippen molar-refractivity contribution in [1.82, 2.24) is 4.57 Å². The zero-order valence-electron chi connectivity index (χ0n) is 16.2. The van der Waals surface area contributed by atoms with Gasteiger partial charge in [-0.05, 0) is 45.0 Å². The van der Waals surface area contributed by atoms with Gasteiger partial charge in [-0.1, -0.05) is 6.07 Å². The lowest BCUT2D eigenvalue weighted by atomic mass is 10.1. The van der Waals surface area contributed by atoms with Crippen molar-refractivity contribution in [3.8, 4) is 0 Å². The number of rotatable bonds is 7. The number of carbonyl (C=O) groups excluding carboxylic acids is 2. The minimum Gasteiger partial charge on any atom is -0.453 e. The summed E-state index contributed by atoms with van der Waals surface area (Å²) >= 11 is 1.14. The maximum Gasteiger partial charge on any atom is 0.348 e. The third-order valence-electron chi connectivity index (χ3n) is 4.68. The number of aromatic nitrogens is 1. The number of benzene rings is 1. The van der Waals surface area contributed by atoms with E-state index >= 15 is 0 Å². The van der Waals surface area contributed by atoms with E-state index < -0.39 is 5.97 Å². The van der Waals surface area contributed by atoms with Gasteiger partial charge in [0, 0.05) is 34.1 Å². The summed E-state index contributed by atoms with van der Waals surface area (Å²) in [4.78, 5) is 25.2. The molecule has 28 heavy (non-hydrogen) atoms. The lowest BCUT2D eigenvalue weighted by molar-refractivity contribution is 0.0479. The molecule has 0 radical (unpaired) electrons. The lowest BCUT2D eigenvalue weighted by Gasteiger charge is -2.17. The van der Waals surface area contributed by atoms with Gasteiger partial charge < -0.3 is 14.0 Å². The van der Waals surface area contributed by atoms with Crippen molar-refractivity contribution < 1.29 is 23.5 Å². The Labute approximate surface area is 166 Å². The highest BCUT2D eigenvalue weighted by Crippen LogP contribution is 2.28. The van der Waals surface area contributed by atoms with Crippen molar-refractivity contribution in [1.29, 1.82) is 0 Å². The molecule has 0 aliphatic carbocycles. The monoisotopic (exact) mass is 403 g/mol. The van der Waals surface area contributed by atoms with E-state index in [1.54, 1.807) is 25.3 Å². The van der Waals surface area contributed by atoms with E-state index in [2.05, 4.69) is 0 Å². The molecule has 0 amide bonds. The second kappa shape index (κ2) is 8.24. The fourth-order valence-electron chi connectivity index (χ4n) is 3.46. The Morgan fingerprint density at radius 3 is 2.68 bits per heavy atom. The van der Waals surface area contributed by atoms with Gasteiger partial charge in [0.05, 0.1) is 12.6 Å². The van der Waals surface area contributed by atoms with E-state index in [4.69, 9.17) is 9.47 Å². The zero-order valence-corrected chi connectivity index (χ0v) is 17.1. The Kier molecular flexibility index (Phi) is 5.96. The number of esters is 1. The van der Waals surface area contributed by atoms with Crippen LogP contribution in [0.5, 0.6) is 0 Å². The summed E-state index contributed by atoms with van der Waals surface area (Å²) < 4.78 is 26.9. The molecule has 7 heteroatoms. The van der Waals surface area contributed by atoms with Crippen LogP contribution in [0, 0.1) is 19.7 Å². The van der Waals surface area contributed by atoms with Crippen LogP contribution in [-0.2, 0) is 9.47 Å². The molecule has 0 N–H and O–H groups in total. The molecule has 1 atom stereocenters. The summed E-state index contributed by atoms with van der Waals surface area (Å²) in [6.45, 7) is 5.97. The van der Waals surface area contributed by atoms with E-state index in [1.807, 2.05) is 25.3 Å². The summed E-state index contributed by atoms with van der Waals surface area (Å²) in [7, 11) is 1.63. The van der Waals surface area contributed by atoms with Crippen LogP contribution in [0.4, 0.5) is 4.39 Å². The normalized spacial score (nSPS) is 12.3. The first-order valence-electron chi connectivity index (χ1n) is 8.89. The topological polar surface area (TPSA) is 57.5 Å². The standard InChI is InChI=1S/C21H22FNO4S/c1-12-8-15(14(3)23(12)13(2)10-26-4)18(24)11-27-21(25)20-9-16-17(22)6-5-7-19(16)28-20/h5-9,13H,10-11H2,1-4H3/t13-/m1/s1. The van der Waals surface area contributed by atoms with Gasteiger partial charge in [-0.15, -0.1) is 11.3 Å². The summed E-state index contributed by atoms with van der Waals surface area (Å²) in [5.74, 6) is -1.29.